The number of hydrogen-bond acceptors (Lipinski definition) is 4. The van der Waals surface area contributed by atoms with Crippen molar-refractivity contribution in [3.63, 3.8) is 0 Å². The molecule has 28 heavy (non-hydrogen) atoms. The zero-order valence-corrected chi connectivity index (χ0v) is 19.2. The minimum absolute atomic E-state index is 0.106. The number of para-hydroxylation sites is 4. The van der Waals surface area contributed by atoms with Gasteiger partial charge in [-0.2, -0.15) is 13.3 Å². The average molecular weight is 512 g/mol. The fraction of sp³-hybridized carbons (Fsp3) is 0.333. The summed E-state index contributed by atoms with van der Waals surface area (Å²) in [6, 6.07) is 17.3. The molecule has 0 aliphatic carbocycles. The SMILES string of the molecule is CCN1[CH-]N(CCCN2[CH-]N(CC)c3ccccc32)c2ccccc21.[Cl][Pd][Cl]. The van der Waals surface area contributed by atoms with Crippen LogP contribution in [0.3, 0.4) is 0 Å². The standard InChI is InChI=1S/C21H26N4.2ClH.Pd/c1-3-22-16-24(20-12-7-5-10-18(20)22)14-9-15-25-17-23(4-2)19-11-6-8-13-21(19)25;;;/h5-8,10-13,16-17H,3-4,9,14-15H2,1-2H3;2*1H;/q-2;;;+2/p-2. The Morgan fingerprint density at radius 2 is 1.00 bits per heavy atom. The molecule has 7 heteroatoms. The Balaban J connectivity index is 0.000000706. The van der Waals surface area contributed by atoms with Crippen LogP contribution >= 0.6 is 19.1 Å². The van der Waals surface area contributed by atoms with E-state index < -0.39 is 0 Å². The van der Waals surface area contributed by atoms with Gasteiger partial charge in [-0.1, -0.05) is 24.3 Å². The Bertz CT molecular complexity index is 699. The monoisotopic (exact) mass is 510 g/mol. The van der Waals surface area contributed by atoms with Gasteiger partial charge in [0.15, 0.2) is 0 Å². The van der Waals surface area contributed by atoms with Crippen LogP contribution in [0.5, 0.6) is 0 Å². The normalized spacial score (nSPS) is 14.9. The Morgan fingerprint density at radius 1 is 0.679 bits per heavy atom. The van der Waals surface area contributed by atoms with Crippen molar-refractivity contribution in [1.29, 1.82) is 0 Å². The van der Waals surface area contributed by atoms with E-state index in [-0.39, 0.29) is 15.9 Å². The van der Waals surface area contributed by atoms with Crippen molar-refractivity contribution in [2.75, 3.05) is 45.8 Å². The number of benzene rings is 2. The molecule has 0 bridgehead atoms. The molecule has 0 saturated heterocycles. The van der Waals surface area contributed by atoms with E-state index in [4.69, 9.17) is 19.1 Å². The number of halogens is 2. The average Bonchev–Trinajstić information content (AvgIpc) is 3.27. The van der Waals surface area contributed by atoms with Crippen LogP contribution in [0.4, 0.5) is 22.7 Å². The van der Waals surface area contributed by atoms with Gasteiger partial charge in [0, 0.05) is 22.7 Å². The molecule has 4 nitrogen and oxygen atoms in total. The molecule has 0 atom stereocenters. The number of anilines is 4. The van der Waals surface area contributed by atoms with Crippen LogP contribution in [0.2, 0.25) is 0 Å². The Morgan fingerprint density at radius 3 is 1.32 bits per heavy atom. The molecule has 0 spiro atoms. The van der Waals surface area contributed by atoms with E-state index in [2.05, 4.69) is 95.3 Å². The van der Waals surface area contributed by atoms with Gasteiger partial charge in [0.25, 0.3) is 0 Å². The first kappa shape index (κ1) is 21.6. The zero-order chi connectivity index (χ0) is 19.9. The van der Waals surface area contributed by atoms with Gasteiger partial charge in [-0.05, 0) is 70.7 Å². The molecule has 0 fully saturated rings. The van der Waals surface area contributed by atoms with Crippen LogP contribution in [0.15, 0.2) is 48.5 Å². The summed E-state index contributed by atoms with van der Waals surface area (Å²) in [6.07, 6.45) is 1.12. The van der Waals surface area contributed by atoms with Gasteiger partial charge < -0.3 is 19.6 Å². The Kier molecular flexibility index (Phi) is 8.17. The molecule has 2 aliphatic heterocycles. The van der Waals surface area contributed by atoms with E-state index in [0.717, 1.165) is 32.6 Å². The maximum atomic E-state index is 4.81. The van der Waals surface area contributed by atoms with Crippen LogP contribution in [0.25, 0.3) is 0 Å². The zero-order valence-electron chi connectivity index (χ0n) is 16.2. The van der Waals surface area contributed by atoms with Crippen LogP contribution < -0.4 is 19.6 Å². The number of hydrogen-bond donors (Lipinski definition) is 0. The minimum atomic E-state index is -0.106. The van der Waals surface area contributed by atoms with E-state index in [9.17, 15) is 0 Å². The molecule has 0 amide bonds. The quantitative estimate of drug-likeness (QED) is 0.365. The first-order chi connectivity index (χ1) is 13.7. The van der Waals surface area contributed by atoms with Crippen LogP contribution in [0, 0.1) is 13.3 Å². The first-order valence-corrected chi connectivity index (χ1v) is 13.5. The Labute approximate surface area is 185 Å². The summed E-state index contributed by atoms with van der Waals surface area (Å²) >= 11 is -0.106. The fourth-order valence-corrected chi connectivity index (χ4v) is 3.76. The molecule has 0 unspecified atom stereocenters. The molecule has 156 valence electrons. The molecule has 0 N–H and O–H groups in total. The molecule has 4 rings (SSSR count). The summed E-state index contributed by atoms with van der Waals surface area (Å²) < 4.78 is 0. The van der Waals surface area contributed by atoms with Crippen LogP contribution in [0.1, 0.15) is 20.3 Å². The van der Waals surface area contributed by atoms with Crippen molar-refractivity contribution in [3.05, 3.63) is 61.9 Å². The summed E-state index contributed by atoms with van der Waals surface area (Å²) in [5.74, 6) is 0. The van der Waals surface area contributed by atoms with E-state index >= 15 is 0 Å². The second-order valence-corrected chi connectivity index (χ2v) is 8.93. The van der Waals surface area contributed by atoms with E-state index in [1.165, 1.54) is 22.7 Å². The molecular weight excluding hydrogens is 486 g/mol. The van der Waals surface area contributed by atoms with Crippen molar-refractivity contribution in [1.82, 2.24) is 0 Å². The van der Waals surface area contributed by atoms with Gasteiger partial charge in [-0.3, -0.25) is 0 Å². The van der Waals surface area contributed by atoms with E-state index in [0.29, 0.717) is 0 Å². The topological polar surface area (TPSA) is 13.0 Å². The predicted octanol–water partition coefficient (Wildman–Crippen LogP) is 5.68. The first-order valence-electron chi connectivity index (χ1n) is 9.50. The molecular formula is C21H26Cl2N4Pd-2. The summed E-state index contributed by atoms with van der Waals surface area (Å²) in [7, 11) is 9.63. The molecule has 0 aromatic heterocycles. The van der Waals surface area contributed by atoms with Crippen molar-refractivity contribution >= 4 is 41.8 Å². The van der Waals surface area contributed by atoms with Crippen molar-refractivity contribution in [2.45, 2.75) is 20.3 Å². The third-order valence-corrected chi connectivity index (χ3v) is 5.04. The molecule has 2 aliphatic rings. The fourth-order valence-electron chi connectivity index (χ4n) is 3.76. The van der Waals surface area contributed by atoms with Crippen molar-refractivity contribution < 1.29 is 15.9 Å². The third-order valence-electron chi connectivity index (χ3n) is 5.04. The number of nitrogens with zero attached hydrogens (tertiary/aromatic N) is 4. The van der Waals surface area contributed by atoms with Gasteiger partial charge in [-0.15, -0.1) is 0 Å². The van der Waals surface area contributed by atoms with Gasteiger partial charge in [0.2, 0.25) is 0 Å². The Hall–Kier alpha value is -1.12. The second kappa shape index (κ2) is 10.6. The number of fused-ring (bicyclic) bond motifs is 2. The summed E-state index contributed by atoms with van der Waals surface area (Å²) in [5.41, 5.74) is 5.29. The van der Waals surface area contributed by atoms with E-state index in [1.54, 1.807) is 0 Å². The molecule has 2 aromatic rings. The molecule has 0 radical (unpaired) electrons. The van der Waals surface area contributed by atoms with Crippen LogP contribution in [-0.4, -0.2) is 26.2 Å². The second-order valence-electron chi connectivity index (χ2n) is 6.57. The predicted molar refractivity (Wildman–Crippen MR) is 119 cm³/mol. The van der Waals surface area contributed by atoms with Gasteiger partial charge in [0.1, 0.15) is 0 Å². The van der Waals surface area contributed by atoms with Gasteiger partial charge >= 0.3 is 35.0 Å². The molecule has 2 aromatic carbocycles. The third kappa shape index (κ3) is 4.71. The molecule has 2 heterocycles. The van der Waals surface area contributed by atoms with Crippen molar-refractivity contribution in [2.24, 2.45) is 0 Å². The summed E-state index contributed by atoms with van der Waals surface area (Å²) in [5, 5.41) is 0. The van der Waals surface area contributed by atoms with Crippen LogP contribution in [-0.2, 0) is 15.9 Å². The summed E-state index contributed by atoms with van der Waals surface area (Å²) in [6.45, 7) is 13.0. The summed E-state index contributed by atoms with van der Waals surface area (Å²) in [4.78, 5) is 9.42. The number of rotatable bonds is 6. The maximum absolute atomic E-state index is 4.81. The van der Waals surface area contributed by atoms with Gasteiger partial charge in [0.05, 0.1) is 0 Å². The molecule has 0 saturated carbocycles. The van der Waals surface area contributed by atoms with Crippen molar-refractivity contribution in [3.8, 4) is 0 Å². The van der Waals surface area contributed by atoms with E-state index in [1.807, 2.05) is 0 Å². The van der Waals surface area contributed by atoms with Gasteiger partial charge in [-0.25, -0.2) is 0 Å².